The van der Waals surface area contributed by atoms with Crippen molar-refractivity contribution in [1.29, 1.82) is 0 Å². The standard InChI is InChI=1S/C18H24F3N3O3/c1-17(2,3)16(27)22-10-6-9-14(25)24-13-8-5-4-7-12(13)15(26)23-11-18(19,20)21/h4-5,7-8H,6,9-11H2,1-3H3,(H,22,27)(H,23,26)(H,24,25). The van der Waals surface area contributed by atoms with Gasteiger partial charge >= 0.3 is 6.18 Å². The molecule has 1 rings (SSSR count). The Morgan fingerprint density at radius 1 is 1.00 bits per heavy atom. The van der Waals surface area contributed by atoms with Crippen LogP contribution >= 0.6 is 0 Å². The van der Waals surface area contributed by atoms with E-state index in [0.717, 1.165) is 0 Å². The third-order valence-electron chi connectivity index (χ3n) is 3.44. The van der Waals surface area contributed by atoms with Crippen LogP contribution in [0.1, 0.15) is 44.0 Å². The van der Waals surface area contributed by atoms with Crippen LogP contribution in [0, 0.1) is 5.41 Å². The molecule has 3 amide bonds. The molecule has 1 aromatic rings. The van der Waals surface area contributed by atoms with Crippen LogP contribution < -0.4 is 16.0 Å². The topological polar surface area (TPSA) is 87.3 Å². The van der Waals surface area contributed by atoms with Gasteiger partial charge in [0.05, 0.1) is 11.3 Å². The summed E-state index contributed by atoms with van der Waals surface area (Å²) in [7, 11) is 0. The van der Waals surface area contributed by atoms with Gasteiger partial charge in [0.2, 0.25) is 11.8 Å². The minimum Gasteiger partial charge on any atom is -0.356 e. The predicted molar refractivity (Wildman–Crippen MR) is 95.2 cm³/mol. The third-order valence-corrected chi connectivity index (χ3v) is 3.44. The minimum atomic E-state index is -4.52. The van der Waals surface area contributed by atoms with E-state index < -0.39 is 30.0 Å². The zero-order valence-electron chi connectivity index (χ0n) is 15.5. The molecule has 0 atom stereocenters. The number of anilines is 1. The van der Waals surface area contributed by atoms with E-state index in [1.54, 1.807) is 32.2 Å². The van der Waals surface area contributed by atoms with Crippen LogP contribution in [0.3, 0.4) is 0 Å². The van der Waals surface area contributed by atoms with E-state index in [2.05, 4.69) is 10.6 Å². The number of nitrogens with one attached hydrogen (secondary N) is 3. The van der Waals surface area contributed by atoms with E-state index in [0.29, 0.717) is 13.0 Å². The molecule has 0 saturated carbocycles. The summed E-state index contributed by atoms with van der Waals surface area (Å²) in [5, 5.41) is 6.99. The Kier molecular flexibility index (Phi) is 7.81. The molecular formula is C18H24F3N3O3. The van der Waals surface area contributed by atoms with E-state index in [4.69, 9.17) is 0 Å². The zero-order valence-corrected chi connectivity index (χ0v) is 15.5. The lowest BCUT2D eigenvalue weighted by atomic mass is 9.96. The molecule has 27 heavy (non-hydrogen) atoms. The van der Waals surface area contributed by atoms with Crippen molar-refractivity contribution in [1.82, 2.24) is 10.6 Å². The average molecular weight is 387 g/mol. The van der Waals surface area contributed by atoms with Gasteiger partial charge in [0.25, 0.3) is 5.91 Å². The number of hydrogen-bond acceptors (Lipinski definition) is 3. The molecule has 0 unspecified atom stereocenters. The van der Waals surface area contributed by atoms with Crippen molar-refractivity contribution >= 4 is 23.4 Å². The van der Waals surface area contributed by atoms with E-state index in [-0.39, 0.29) is 23.6 Å². The summed E-state index contributed by atoms with van der Waals surface area (Å²) in [6, 6.07) is 5.80. The maximum absolute atomic E-state index is 12.2. The van der Waals surface area contributed by atoms with Crippen LogP contribution in [0.25, 0.3) is 0 Å². The number of para-hydroxylation sites is 1. The van der Waals surface area contributed by atoms with Gasteiger partial charge in [-0.25, -0.2) is 0 Å². The van der Waals surface area contributed by atoms with Crippen LogP contribution in [-0.2, 0) is 9.59 Å². The Hall–Kier alpha value is -2.58. The molecule has 0 fully saturated rings. The maximum atomic E-state index is 12.2. The van der Waals surface area contributed by atoms with Crippen molar-refractivity contribution in [3.63, 3.8) is 0 Å². The van der Waals surface area contributed by atoms with Crippen LogP contribution in [0.5, 0.6) is 0 Å². The molecular weight excluding hydrogens is 363 g/mol. The summed E-state index contributed by atoms with van der Waals surface area (Å²) in [6.07, 6.45) is -4.05. The molecule has 0 bridgehead atoms. The van der Waals surface area contributed by atoms with Gasteiger partial charge in [-0.2, -0.15) is 13.2 Å². The largest absolute Gasteiger partial charge is 0.405 e. The van der Waals surface area contributed by atoms with Gasteiger partial charge in [-0.05, 0) is 18.6 Å². The second-order valence-electron chi connectivity index (χ2n) is 7.00. The first-order valence-electron chi connectivity index (χ1n) is 8.42. The number of alkyl halides is 3. The van der Waals surface area contributed by atoms with Crippen molar-refractivity contribution in [2.45, 2.75) is 39.8 Å². The van der Waals surface area contributed by atoms with Gasteiger partial charge < -0.3 is 16.0 Å². The predicted octanol–water partition coefficient (Wildman–Crippen LogP) is 2.86. The second-order valence-corrected chi connectivity index (χ2v) is 7.00. The van der Waals surface area contributed by atoms with Crippen molar-refractivity contribution < 1.29 is 27.6 Å². The molecule has 0 aliphatic carbocycles. The van der Waals surface area contributed by atoms with Crippen molar-refractivity contribution in [2.75, 3.05) is 18.4 Å². The molecule has 0 aliphatic rings. The minimum absolute atomic E-state index is 0.0591. The summed E-state index contributed by atoms with van der Waals surface area (Å²) >= 11 is 0. The van der Waals surface area contributed by atoms with Crippen LogP contribution in [0.4, 0.5) is 18.9 Å². The van der Waals surface area contributed by atoms with Crippen LogP contribution in [0.15, 0.2) is 24.3 Å². The average Bonchev–Trinajstić information content (AvgIpc) is 2.55. The Morgan fingerprint density at radius 2 is 1.63 bits per heavy atom. The number of halogens is 3. The summed E-state index contributed by atoms with van der Waals surface area (Å²) in [5.74, 6) is -1.47. The van der Waals surface area contributed by atoms with E-state index in [1.165, 1.54) is 18.2 Å². The van der Waals surface area contributed by atoms with Crippen molar-refractivity contribution in [3.8, 4) is 0 Å². The number of carbonyl (C=O) groups excluding carboxylic acids is 3. The van der Waals surface area contributed by atoms with Gasteiger partial charge in [-0.15, -0.1) is 0 Å². The number of amides is 3. The smallest absolute Gasteiger partial charge is 0.356 e. The molecule has 0 saturated heterocycles. The van der Waals surface area contributed by atoms with Crippen molar-refractivity contribution in [2.24, 2.45) is 5.41 Å². The molecule has 0 aliphatic heterocycles. The lowest BCUT2D eigenvalue weighted by Crippen LogP contribution is -2.35. The van der Waals surface area contributed by atoms with Gasteiger partial charge in [-0.3, -0.25) is 14.4 Å². The lowest BCUT2D eigenvalue weighted by molar-refractivity contribution is -0.128. The summed E-state index contributed by atoms with van der Waals surface area (Å²) in [6.45, 7) is 4.18. The molecule has 0 aromatic heterocycles. The van der Waals surface area contributed by atoms with Gasteiger partial charge in [-0.1, -0.05) is 32.9 Å². The van der Waals surface area contributed by atoms with E-state index in [9.17, 15) is 27.6 Å². The first kappa shape index (κ1) is 22.5. The van der Waals surface area contributed by atoms with Crippen molar-refractivity contribution in [3.05, 3.63) is 29.8 Å². The highest BCUT2D eigenvalue weighted by Crippen LogP contribution is 2.17. The summed E-state index contributed by atoms with van der Waals surface area (Å²) in [4.78, 5) is 35.6. The highest BCUT2D eigenvalue weighted by molar-refractivity contribution is 6.03. The van der Waals surface area contributed by atoms with E-state index in [1.807, 2.05) is 0 Å². The molecule has 1 aromatic carbocycles. The molecule has 6 nitrogen and oxygen atoms in total. The first-order chi connectivity index (χ1) is 12.4. The molecule has 0 radical (unpaired) electrons. The fourth-order valence-corrected chi connectivity index (χ4v) is 1.99. The van der Waals surface area contributed by atoms with Gasteiger partial charge in [0.1, 0.15) is 6.54 Å². The number of hydrogen-bond donors (Lipinski definition) is 3. The summed E-state index contributed by atoms with van der Waals surface area (Å²) in [5.41, 5.74) is -0.456. The molecule has 9 heteroatoms. The summed E-state index contributed by atoms with van der Waals surface area (Å²) < 4.78 is 36.7. The van der Waals surface area contributed by atoms with Crippen LogP contribution in [-0.4, -0.2) is 37.0 Å². The number of benzene rings is 1. The molecule has 150 valence electrons. The fourth-order valence-electron chi connectivity index (χ4n) is 1.99. The molecule has 3 N–H and O–H groups in total. The Morgan fingerprint density at radius 3 is 2.22 bits per heavy atom. The normalized spacial score (nSPS) is 11.6. The zero-order chi connectivity index (χ0) is 20.7. The monoisotopic (exact) mass is 387 g/mol. The maximum Gasteiger partial charge on any atom is 0.405 e. The number of rotatable bonds is 7. The Bertz CT molecular complexity index is 682. The Balaban J connectivity index is 2.55. The second kappa shape index (κ2) is 9.38. The lowest BCUT2D eigenvalue weighted by Gasteiger charge is -2.17. The SMILES string of the molecule is CC(C)(C)C(=O)NCCCC(=O)Nc1ccccc1C(=O)NCC(F)(F)F. The number of carbonyl (C=O) groups is 3. The molecule has 0 heterocycles. The highest BCUT2D eigenvalue weighted by atomic mass is 19.4. The van der Waals surface area contributed by atoms with Gasteiger partial charge in [0.15, 0.2) is 0 Å². The van der Waals surface area contributed by atoms with E-state index >= 15 is 0 Å². The van der Waals surface area contributed by atoms with Gasteiger partial charge in [0, 0.05) is 18.4 Å². The molecule has 0 spiro atoms. The fraction of sp³-hybridized carbons (Fsp3) is 0.500. The first-order valence-corrected chi connectivity index (χ1v) is 8.42. The highest BCUT2D eigenvalue weighted by Gasteiger charge is 2.28. The third kappa shape index (κ3) is 8.57. The quantitative estimate of drug-likeness (QED) is 0.629. The Labute approximate surface area is 155 Å². The van der Waals surface area contributed by atoms with Crippen LogP contribution in [0.2, 0.25) is 0 Å².